The second-order valence-electron chi connectivity index (χ2n) is 4.16. The largest absolute Gasteiger partial charge is 0.300 e. The maximum absolute atomic E-state index is 13.7. The summed E-state index contributed by atoms with van der Waals surface area (Å²) in [7, 11) is 0. The van der Waals surface area contributed by atoms with Gasteiger partial charge in [0.1, 0.15) is 11.6 Å². The number of fused-ring (bicyclic) bond motifs is 1. The van der Waals surface area contributed by atoms with Crippen molar-refractivity contribution in [3.05, 3.63) is 59.1 Å². The molecule has 90 valence electrons. The number of aromatic nitrogens is 2. The molecule has 0 N–H and O–H groups in total. The third-order valence-corrected chi connectivity index (χ3v) is 3.24. The van der Waals surface area contributed by atoms with Crippen LogP contribution in [0.3, 0.4) is 0 Å². The van der Waals surface area contributed by atoms with Crippen molar-refractivity contribution in [2.24, 2.45) is 0 Å². The number of nitrogens with zero attached hydrogens (tertiary/aromatic N) is 2. The van der Waals surface area contributed by atoms with Crippen molar-refractivity contribution in [2.45, 2.75) is 6.92 Å². The molecule has 0 amide bonds. The number of benzene rings is 1. The third kappa shape index (κ3) is 1.68. The number of imidazole rings is 1. The van der Waals surface area contributed by atoms with Gasteiger partial charge in [0.15, 0.2) is 0 Å². The van der Waals surface area contributed by atoms with Gasteiger partial charge in [0.2, 0.25) is 0 Å². The summed E-state index contributed by atoms with van der Waals surface area (Å²) in [5, 5.41) is 0.505. The number of aryl methyl sites for hydroxylation is 1. The molecule has 0 saturated heterocycles. The average Bonchev–Trinajstić information content (AvgIpc) is 2.78. The molecule has 0 aliphatic carbocycles. The van der Waals surface area contributed by atoms with Gasteiger partial charge in [-0.1, -0.05) is 17.7 Å². The summed E-state index contributed by atoms with van der Waals surface area (Å²) in [5.41, 5.74) is 2.08. The van der Waals surface area contributed by atoms with Crippen LogP contribution in [-0.4, -0.2) is 9.38 Å². The Morgan fingerprint density at radius 2 is 2.11 bits per heavy atom. The van der Waals surface area contributed by atoms with E-state index in [1.54, 1.807) is 19.2 Å². The van der Waals surface area contributed by atoms with E-state index in [-0.39, 0.29) is 5.82 Å². The summed E-state index contributed by atoms with van der Waals surface area (Å²) < 4.78 is 15.5. The van der Waals surface area contributed by atoms with Crippen molar-refractivity contribution in [3.63, 3.8) is 0 Å². The monoisotopic (exact) mass is 260 g/mol. The second-order valence-corrected chi connectivity index (χ2v) is 4.57. The smallest absolute Gasteiger partial charge is 0.146 e. The molecular formula is C14H10ClFN2. The molecule has 3 rings (SSSR count). The Morgan fingerprint density at radius 3 is 2.94 bits per heavy atom. The molecule has 0 atom stereocenters. The third-order valence-electron chi connectivity index (χ3n) is 2.93. The molecular weight excluding hydrogens is 251 g/mol. The van der Waals surface area contributed by atoms with Gasteiger partial charge in [-0.15, -0.1) is 0 Å². The molecule has 0 unspecified atom stereocenters. The molecule has 0 saturated carbocycles. The van der Waals surface area contributed by atoms with Gasteiger partial charge in [-0.05, 0) is 36.8 Å². The van der Waals surface area contributed by atoms with Crippen LogP contribution in [0.2, 0.25) is 5.02 Å². The van der Waals surface area contributed by atoms with E-state index in [0.29, 0.717) is 22.0 Å². The molecule has 0 radical (unpaired) electrons. The quantitative estimate of drug-likeness (QED) is 0.644. The lowest BCUT2D eigenvalue weighted by Gasteiger charge is -2.06. The fraction of sp³-hybridized carbons (Fsp3) is 0.0714. The van der Waals surface area contributed by atoms with E-state index in [1.807, 2.05) is 28.8 Å². The van der Waals surface area contributed by atoms with E-state index in [9.17, 15) is 4.39 Å². The fourth-order valence-electron chi connectivity index (χ4n) is 1.96. The highest BCUT2D eigenvalue weighted by atomic mass is 35.5. The first kappa shape index (κ1) is 11.2. The number of halogens is 2. The molecule has 1 aromatic carbocycles. The molecule has 2 nitrogen and oxygen atoms in total. The van der Waals surface area contributed by atoms with E-state index in [1.165, 1.54) is 6.07 Å². The standard InChI is InChI=1S/C14H10ClFN2/c1-9-6-12(15)11(7-13(9)16)14-17-8-10-4-2-3-5-18(10)14/h2-8H,1H3. The van der Waals surface area contributed by atoms with E-state index in [4.69, 9.17) is 11.6 Å². The molecule has 0 bridgehead atoms. The van der Waals surface area contributed by atoms with Gasteiger partial charge >= 0.3 is 0 Å². The van der Waals surface area contributed by atoms with Crippen LogP contribution in [0.5, 0.6) is 0 Å². The maximum Gasteiger partial charge on any atom is 0.146 e. The van der Waals surface area contributed by atoms with Crippen LogP contribution in [0, 0.1) is 12.7 Å². The summed E-state index contributed by atoms with van der Waals surface area (Å²) in [6.45, 7) is 1.69. The van der Waals surface area contributed by atoms with Crippen LogP contribution >= 0.6 is 11.6 Å². The van der Waals surface area contributed by atoms with Crippen LogP contribution < -0.4 is 0 Å². The van der Waals surface area contributed by atoms with Crippen LogP contribution in [0.4, 0.5) is 4.39 Å². The highest BCUT2D eigenvalue weighted by molar-refractivity contribution is 6.33. The summed E-state index contributed by atoms with van der Waals surface area (Å²) >= 11 is 6.17. The summed E-state index contributed by atoms with van der Waals surface area (Å²) in [4.78, 5) is 4.31. The zero-order chi connectivity index (χ0) is 12.7. The SMILES string of the molecule is Cc1cc(Cl)c(-c2ncc3ccccn23)cc1F. The molecule has 2 aromatic heterocycles. The van der Waals surface area contributed by atoms with Crippen LogP contribution in [0.15, 0.2) is 42.7 Å². The Hall–Kier alpha value is -1.87. The van der Waals surface area contributed by atoms with Crippen molar-refractivity contribution in [1.29, 1.82) is 0 Å². The Morgan fingerprint density at radius 1 is 1.28 bits per heavy atom. The summed E-state index contributed by atoms with van der Waals surface area (Å²) in [6, 6.07) is 8.82. The molecule has 2 heterocycles. The predicted molar refractivity (Wildman–Crippen MR) is 70.3 cm³/mol. The lowest BCUT2D eigenvalue weighted by atomic mass is 10.1. The van der Waals surface area contributed by atoms with E-state index >= 15 is 0 Å². The first-order chi connectivity index (χ1) is 8.66. The van der Waals surface area contributed by atoms with Gasteiger partial charge < -0.3 is 0 Å². The van der Waals surface area contributed by atoms with Gasteiger partial charge in [0.05, 0.1) is 16.7 Å². The lowest BCUT2D eigenvalue weighted by molar-refractivity contribution is 0.619. The van der Waals surface area contributed by atoms with Gasteiger partial charge in [-0.3, -0.25) is 4.40 Å². The Kier molecular flexibility index (Phi) is 2.56. The lowest BCUT2D eigenvalue weighted by Crippen LogP contribution is -1.92. The normalized spacial score (nSPS) is 11.1. The van der Waals surface area contributed by atoms with Gasteiger partial charge in [-0.25, -0.2) is 9.37 Å². The Balaban J connectivity index is 2.29. The molecule has 0 spiro atoms. The van der Waals surface area contributed by atoms with Crippen molar-refractivity contribution >= 4 is 17.1 Å². The van der Waals surface area contributed by atoms with Crippen LogP contribution in [0.1, 0.15) is 5.56 Å². The minimum Gasteiger partial charge on any atom is -0.300 e. The first-order valence-corrected chi connectivity index (χ1v) is 5.93. The molecule has 0 fully saturated rings. The molecule has 18 heavy (non-hydrogen) atoms. The van der Waals surface area contributed by atoms with Crippen molar-refractivity contribution < 1.29 is 4.39 Å². The van der Waals surface area contributed by atoms with Gasteiger partial charge in [-0.2, -0.15) is 0 Å². The van der Waals surface area contributed by atoms with Crippen LogP contribution in [0.25, 0.3) is 16.9 Å². The first-order valence-electron chi connectivity index (χ1n) is 5.55. The molecule has 4 heteroatoms. The average molecular weight is 261 g/mol. The van der Waals surface area contributed by atoms with Crippen molar-refractivity contribution in [1.82, 2.24) is 9.38 Å². The number of pyridine rings is 1. The zero-order valence-electron chi connectivity index (χ0n) is 9.69. The minimum absolute atomic E-state index is 0.276. The number of hydrogen-bond acceptors (Lipinski definition) is 1. The van der Waals surface area contributed by atoms with E-state index < -0.39 is 0 Å². The summed E-state index contributed by atoms with van der Waals surface area (Å²) in [6.07, 6.45) is 3.62. The predicted octanol–water partition coefficient (Wildman–Crippen LogP) is 4.10. The summed E-state index contributed by atoms with van der Waals surface area (Å²) in [5.74, 6) is 0.372. The van der Waals surface area contributed by atoms with Gasteiger partial charge in [0, 0.05) is 11.8 Å². The Labute approximate surface area is 109 Å². The number of hydrogen-bond donors (Lipinski definition) is 0. The highest BCUT2D eigenvalue weighted by Gasteiger charge is 2.12. The highest BCUT2D eigenvalue weighted by Crippen LogP contribution is 2.29. The maximum atomic E-state index is 13.7. The van der Waals surface area contributed by atoms with Crippen molar-refractivity contribution in [2.75, 3.05) is 0 Å². The van der Waals surface area contributed by atoms with E-state index in [0.717, 1.165) is 5.52 Å². The Bertz CT molecular complexity index is 734. The molecule has 0 aliphatic rings. The topological polar surface area (TPSA) is 17.3 Å². The molecule has 3 aromatic rings. The molecule has 0 aliphatic heterocycles. The second kappa shape index (κ2) is 4.10. The number of rotatable bonds is 1. The van der Waals surface area contributed by atoms with Crippen molar-refractivity contribution in [3.8, 4) is 11.4 Å². The fourth-order valence-corrected chi connectivity index (χ4v) is 2.26. The van der Waals surface area contributed by atoms with Crippen LogP contribution in [-0.2, 0) is 0 Å². The zero-order valence-corrected chi connectivity index (χ0v) is 10.4. The van der Waals surface area contributed by atoms with Gasteiger partial charge in [0.25, 0.3) is 0 Å². The minimum atomic E-state index is -0.276. The van der Waals surface area contributed by atoms with E-state index in [2.05, 4.69) is 4.98 Å².